The van der Waals surface area contributed by atoms with E-state index in [1.54, 1.807) is 25.4 Å². The van der Waals surface area contributed by atoms with Gasteiger partial charge in [-0.3, -0.25) is 9.59 Å². The minimum atomic E-state index is -4.61. The first-order valence-electron chi connectivity index (χ1n) is 21.9. The van der Waals surface area contributed by atoms with Gasteiger partial charge in [0, 0.05) is 56.3 Å². The van der Waals surface area contributed by atoms with E-state index in [4.69, 9.17) is 18.6 Å². The number of aryl methyl sites for hydroxylation is 2. The lowest BCUT2D eigenvalue weighted by Gasteiger charge is -2.17. The summed E-state index contributed by atoms with van der Waals surface area (Å²) in [7, 11) is 1.61. The second-order valence-corrected chi connectivity index (χ2v) is 16.4. The highest BCUT2D eigenvalue weighted by Gasteiger charge is 2.41. The fraction of sp³-hybridized carbons (Fsp3) is 0.367. The molecule has 2 saturated heterocycles. The van der Waals surface area contributed by atoms with Crippen molar-refractivity contribution < 1.29 is 51.6 Å². The second-order valence-electron chi connectivity index (χ2n) is 16.4. The van der Waals surface area contributed by atoms with Crippen molar-refractivity contribution in [3.05, 3.63) is 131 Å². The van der Waals surface area contributed by atoms with Crippen molar-refractivity contribution in [1.82, 2.24) is 24.9 Å². The molecule has 3 aromatic carbocycles. The SMILES string of the molecule is CCOC(=O)[C@H]1CN(c2nccc(C)n2)C[C@H]1Cc1ccc(O)cc1.COc1ccc(-c2nc(CCOc3ccc(C[C@@H]4CN(c5nccc(C(F)(F)F)n5)C[C@@H]4C(=O)O)cc3)c(C)o2)cc1. The molecule has 3 aromatic heterocycles. The van der Waals surface area contributed by atoms with E-state index in [1.165, 1.54) is 4.90 Å². The first-order chi connectivity index (χ1) is 32.2. The molecular weight excluding hydrogens is 872 g/mol. The molecule has 0 amide bonds. The number of phenols is 1. The van der Waals surface area contributed by atoms with Crippen molar-refractivity contribution in [3.8, 4) is 28.7 Å². The van der Waals surface area contributed by atoms with Crippen molar-refractivity contribution in [2.75, 3.05) is 56.3 Å². The Morgan fingerprint density at radius 2 is 1.34 bits per heavy atom. The van der Waals surface area contributed by atoms with Crippen molar-refractivity contribution in [1.29, 1.82) is 0 Å². The standard InChI is InChI=1S/C30H29F3N4O5.C19H23N3O3/c1-18-25(35-27(42-18)20-5-9-22(40-2)10-6-20)12-14-41-23-7-3-19(4-8-23)15-21-16-37(17-24(21)28(38)39)29-34-13-11-26(36-29)30(31,32)33;1-3-25-18(24)17-12-22(19-20-9-8-13(2)21-19)11-15(17)10-14-4-6-16(23)7-5-14/h3-11,13,21,24H,12,14-17H2,1-2H3,(H,38,39);4-9,15,17,23H,3,10-12H2,1-2H3/t21-,24+;15-,17+/m11/s1. The number of anilines is 2. The van der Waals surface area contributed by atoms with Gasteiger partial charge in [-0.25, -0.2) is 24.9 Å². The molecule has 4 atom stereocenters. The summed E-state index contributed by atoms with van der Waals surface area (Å²) < 4.78 is 61.5. The molecule has 2 aliphatic heterocycles. The number of aromatic nitrogens is 5. The Morgan fingerprint density at radius 3 is 1.94 bits per heavy atom. The predicted molar refractivity (Wildman–Crippen MR) is 241 cm³/mol. The van der Waals surface area contributed by atoms with E-state index in [2.05, 4.69) is 29.8 Å². The van der Waals surface area contributed by atoms with Gasteiger partial charge < -0.3 is 38.6 Å². The number of hydrogen-bond acceptors (Lipinski definition) is 14. The van der Waals surface area contributed by atoms with Crippen LogP contribution < -0.4 is 19.3 Å². The van der Waals surface area contributed by atoms with Crippen LogP contribution in [0.3, 0.4) is 0 Å². The molecule has 0 bridgehead atoms. The maximum absolute atomic E-state index is 13.1. The number of aliphatic carboxylic acids is 1. The lowest BCUT2D eigenvalue weighted by molar-refractivity contribution is -0.148. The summed E-state index contributed by atoms with van der Waals surface area (Å²) in [6, 6.07) is 24.6. The molecule has 18 heteroatoms. The Labute approximate surface area is 385 Å². The Balaban J connectivity index is 0.000000227. The number of carboxylic acids is 1. The van der Waals surface area contributed by atoms with Crippen LogP contribution in [-0.2, 0) is 39.8 Å². The molecule has 352 valence electrons. The smallest absolute Gasteiger partial charge is 0.433 e. The zero-order valence-corrected chi connectivity index (χ0v) is 37.5. The number of carbonyl (C=O) groups excluding carboxylic acids is 1. The van der Waals surface area contributed by atoms with Crippen molar-refractivity contribution in [2.24, 2.45) is 23.7 Å². The molecule has 0 unspecified atom stereocenters. The molecule has 2 fully saturated rings. The Hall–Kier alpha value is -7.24. The third-order valence-electron chi connectivity index (χ3n) is 11.8. The number of nitrogens with zero attached hydrogens (tertiary/aromatic N) is 7. The van der Waals surface area contributed by atoms with Gasteiger partial charge in [-0.05, 0) is 117 Å². The van der Waals surface area contributed by atoms with Gasteiger partial charge in [0.15, 0.2) is 0 Å². The van der Waals surface area contributed by atoms with Crippen LogP contribution in [0, 0.1) is 37.5 Å². The number of benzene rings is 3. The number of alkyl halides is 3. The van der Waals surface area contributed by atoms with Gasteiger partial charge >= 0.3 is 18.1 Å². The molecular formula is C49H52F3N7O8. The zero-order chi connectivity index (χ0) is 47.7. The fourth-order valence-electron chi connectivity index (χ4n) is 8.27. The summed E-state index contributed by atoms with van der Waals surface area (Å²) in [4.78, 5) is 48.9. The normalized spacial score (nSPS) is 18.0. The maximum Gasteiger partial charge on any atom is 0.433 e. The van der Waals surface area contributed by atoms with Crippen molar-refractivity contribution in [3.63, 3.8) is 0 Å². The summed E-state index contributed by atoms with van der Waals surface area (Å²) in [5.74, 6) is 1.05. The van der Waals surface area contributed by atoms with E-state index < -0.39 is 23.8 Å². The number of oxazole rings is 1. The van der Waals surface area contributed by atoms with E-state index in [1.807, 2.05) is 87.5 Å². The number of carbonyl (C=O) groups is 2. The van der Waals surface area contributed by atoms with Crippen molar-refractivity contribution in [2.45, 2.75) is 46.2 Å². The third kappa shape index (κ3) is 12.4. The van der Waals surface area contributed by atoms with Crippen LogP contribution in [-0.4, -0.2) is 93.6 Å². The molecule has 0 saturated carbocycles. The molecule has 67 heavy (non-hydrogen) atoms. The summed E-state index contributed by atoms with van der Waals surface area (Å²) in [6.45, 7) is 7.89. The number of phenolic OH excluding ortho intramolecular Hbond substituents is 1. The van der Waals surface area contributed by atoms with Gasteiger partial charge in [-0.2, -0.15) is 13.2 Å². The molecule has 5 heterocycles. The Kier molecular flexibility index (Phi) is 15.2. The molecule has 2 aliphatic rings. The summed E-state index contributed by atoms with van der Waals surface area (Å²) in [5.41, 5.74) is 3.47. The van der Waals surface area contributed by atoms with Gasteiger partial charge in [0.25, 0.3) is 0 Å². The van der Waals surface area contributed by atoms with Crippen molar-refractivity contribution >= 4 is 23.8 Å². The van der Waals surface area contributed by atoms with Crippen LogP contribution in [0.1, 0.15) is 40.9 Å². The van der Waals surface area contributed by atoms with Crippen LogP contribution in [0.15, 0.2) is 102 Å². The van der Waals surface area contributed by atoms with Crippen LogP contribution in [0.2, 0.25) is 0 Å². The molecule has 0 radical (unpaired) electrons. The largest absolute Gasteiger partial charge is 0.508 e. The first-order valence-corrected chi connectivity index (χ1v) is 21.9. The number of carboxylic acid groups (broad SMARTS) is 1. The average molecular weight is 924 g/mol. The molecule has 15 nitrogen and oxygen atoms in total. The number of esters is 1. The Bertz CT molecular complexity index is 2590. The fourth-order valence-corrected chi connectivity index (χ4v) is 8.27. The summed E-state index contributed by atoms with van der Waals surface area (Å²) in [5, 5.41) is 19.2. The third-order valence-corrected chi connectivity index (χ3v) is 11.8. The average Bonchev–Trinajstić information content (AvgIpc) is 4.05. The maximum atomic E-state index is 13.1. The van der Waals surface area contributed by atoms with E-state index >= 15 is 0 Å². The molecule has 0 aliphatic carbocycles. The van der Waals surface area contributed by atoms with Gasteiger partial charge in [-0.15, -0.1) is 0 Å². The second kappa shape index (κ2) is 21.4. The van der Waals surface area contributed by atoms with Crippen LogP contribution >= 0.6 is 0 Å². The molecule has 8 rings (SSSR count). The first kappa shape index (κ1) is 47.7. The molecule has 0 spiro atoms. The minimum Gasteiger partial charge on any atom is -0.508 e. The molecule has 6 aromatic rings. The van der Waals surface area contributed by atoms with Crippen LogP contribution in [0.5, 0.6) is 17.2 Å². The van der Waals surface area contributed by atoms with Crippen LogP contribution in [0.25, 0.3) is 11.5 Å². The highest BCUT2D eigenvalue weighted by Crippen LogP contribution is 2.34. The quantitative estimate of drug-likeness (QED) is 0.0949. The number of halogens is 3. The number of aromatic hydroxyl groups is 1. The summed E-state index contributed by atoms with van der Waals surface area (Å²) in [6.07, 6.45) is -0.115. The van der Waals surface area contributed by atoms with E-state index in [9.17, 15) is 33.0 Å². The van der Waals surface area contributed by atoms with Gasteiger partial charge in [0.1, 0.15) is 28.7 Å². The number of hydrogen-bond donors (Lipinski definition) is 2. The van der Waals surface area contributed by atoms with Gasteiger partial charge in [0.2, 0.25) is 17.8 Å². The number of ether oxygens (including phenoxy) is 3. The highest BCUT2D eigenvalue weighted by atomic mass is 19.4. The predicted octanol–water partition coefficient (Wildman–Crippen LogP) is 7.82. The lowest BCUT2D eigenvalue weighted by Crippen LogP contribution is -2.27. The molecule has 2 N–H and O–H groups in total. The number of methoxy groups -OCH3 is 1. The highest BCUT2D eigenvalue weighted by molar-refractivity contribution is 5.75. The zero-order valence-electron chi connectivity index (χ0n) is 37.5. The van der Waals surface area contributed by atoms with E-state index in [0.717, 1.165) is 52.5 Å². The number of rotatable bonds is 15. The van der Waals surface area contributed by atoms with Gasteiger partial charge in [-0.1, -0.05) is 24.3 Å². The lowest BCUT2D eigenvalue weighted by atomic mass is 9.90. The van der Waals surface area contributed by atoms with Gasteiger partial charge in [0.05, 0.1) is 37.9 Å². The van der Waals surface area contributed by atoms with E-state index in [0.29, 0.717) is 62.5 Å². The summed E-state index contributed by atoms with van der Waals surface area (Å²) >= 11 is 0. The van der Waals surface area contributed by atoms with E-state index in [-0.39, 0.29) is 48.5 Å². The Morgan fingerprint density at radius 1 is 0.761 bits per heavy atom. The van der Waals surface area contributed by atoms with Crippen LogP contribution in [0.4, 0.5) is 25.1 Å². The topological polar surface area (TPSA) is 186 Å². The monoisotopic (exact) mass is 923 g/mol. The minimum absolute atomic E-state index is 0.0319.